The van der Waals surface area contributed by atoms with Gasteiger partial charge in [-0.05, 0) is 116 Å². The molecule has 0 spiro atoms. The molecule has 0 bridgehead atoms. The first kappa shape index (κ1) is 62.8. The summed E-state index contributed by atoms with van der Waals surface area (Å²) >= 11 is 0. The molecule has 0 heterocycles. The summed E-state index contributed by atoms with van der Waals surface area (Å²) in [5, 5.41) is 0. The van der Waals surface area contributed by atoms with Gasteiger partial charge in [0.1, 0.15) is 13.2 Å². The maximum atomic E-state index is 12.8. The third-order valence-electron chi connectivity index (χ3n) is 10.9. The third kappa shape index (κ3) is 52.6. The van der Waals surface area contributed by atoms with Crippen LogP contribution in [-0.2, 0) is 28.6 Å². The zero-order chi connectivity index (χ0) is 48.6. The SMILES string of the molecule is CC/C=C\C/C=C\C/C=C\C/C=C\C/C=C\CCCC(=O)OCC(COC(=O)CCCCCCCC/C=C\C=C/CCCCC)OC(=O)CCC/C=C\C/C=C\C/C=C\CCCCCCCC. The van der Waals surface area contributed by atoms with E-state index in [-0.39, 0.29) is 44.0 Å². The van der Waals surface area contributed by atoms with Crippen LogP contribution in [0.3, 0.4) is 0 Å². The number of rotatable bonds is 47. The van der Waals surface area contributed by atoms with Crippen LogP contribution >= 0.6 is 0 Å². The molecule has 1 unspecified atom stereocenters. The first-order chi connectivity index (χ1) is 33.0. The van der Waals surface area contributed by atoms with Crippen LogP contribution in [0.4, 0.5) is 0 Å². The fourth-order valence-electron chi connectivity index (χ4n) is 6.89. The molecular weight excluding hydrogens is 829 g/mol. The van der Waals surface area contributed by atoms with Crippen molar-refractivity contribution >= 4 is 17.9 Å². The minimum atomic E-state index is -0.836. The smallest absolute Gasteiger partial charge is 0.306 e. The molecule has 0 N–H and O–H groups in total. The van der Waals surface area contributed by atoms with Gasteiger partial charge in [0.2, 0.25) is 0 Å². The minimum absolute atomic E-state index is 0.125. The molecule has 0 rings (SSSR count). The fourth-order valence-corrected chi connectivity index (χ4v) is 6.89. The second-order valence-corrected chi connectivity index (χ2v) is 17.4. The molecule has 0 radical (unpaired) electrons. The van der Waals surface area contributed by atoms with Gasteiger partial charge in [-0.3, -0.25) is 14.4 Å². The van der Waals surface area contributed by atoms with Crippen molar-refractivity contribution in [2.24, 2.45) is 0 Å². The van der Waals surface area contributed by atoms with Crippen molar-refractivity contribution in [2.45, 2.75) is 232 Å². The summed E-state index contributed by atoms with van der Waals surface area (Å²) < 4.78 is 16.7. The van der Waals surface area contributed by atoms with Crippen molar-refractivity contribution in [3.05, 3.63) is 122 Å². The van der Waals surface area contributed by atoms with E-state index in [0.717, 1.165) is 89.9 Å². The molecule has 378 valence electrons. The number of carbonyl (C=O) groups excluding carboxylic acids is 3. The van der Waals surface area contributed by atoms with E-state index in [1.807, 2.05) is 0 Å². The zero-order valence-corrected chi connectivity index (χ0v) is 43.1. The van der Waals surface area contributed by atoms with Gasteiger partial charge in [0.25, 0.3) is 0 Å². The predicted molar refractivity (Wildman–Crippen MR) is 288 cm³/mol. The Morgan fingerprint density at radius 3 is 1.09 bits per heavy atom. The van der Waals surface area contributed by atoms with Crippen LogP contribution in [0.15, 0.2) is 122 Å². The summed E-state index contributed by atoms with van der Waals surface area (Å²) in [6.07, 6.45) is 74.8. The number of esters is 3. The highest BCUT2D eigenvalue weighted by atomic mass is 16.6. The highest BCUT2D eigenvalue weighted by molar-refractivity contribution is 5.71. The van der Waals surface area contributed by atoms with Gasteiger partial charge in [0, 0.05) is 19.3 Å². The molecule has 0 amide bonds. The van der Waals surface area contributed by atoms with Crippen LogP contribution in [-0.4, -0.2) is 37.2 Å². The lowest BCUT2D eigenvalue weighted by Crippen LogP contribution is -2.30. The molecule has 0 aromatic heterocycles. The monoisotopic (exact) mass is 927 g/mol. The van der Waals surface area contributed by atoms with E-state index in [4.69, 9.17) is 14.2 Å². The highest BCUT2D eigenvalue weighted by Crippen LogP contribution is 2.12. The number of hydrogen-bond donors (Lipinski definition) is 0. The van der Waals surface area contributed by atoms with Crippen LogP contribution in [0.1, 0.15) is 226 Å². The third-order valence-corrected chi connectivity index (χ3v) is 10.9. The molecule has 0 aromatic rings. The average Bonchev–Trinajstić information content (AvgIpc) is 3.33. The molecule has 0 aromatic carbocycles. The van der Waals surface area contributed by atoms with Crippen molar-refractivity contribution in [1.29, 1.82) is 0 Å². The van der Waals surface area contributed by atoms with E-state index in [2.05, 4.69) is 142 Å². The van der Waals surface area contributed by atoms with Crippen LogP contribution in [0.25, 0.3) is 0 Å². The Balaban J connectivity index is 4.60. The Kier molecular flexibility index (Phi) is 51.0. The first-order valence-electron chi connectivity index (χ1n) is 27.1. The Hall–Kier alpha value is -4.19. The van der Waals surface area contributed by atoms with E-state index in [9.17, 15) is 14.4 Å². The van der Waals surface area contributed by atoms with Crippen LogP contribution in [0, 0.1) is 0 Å². The van der Waals surface area contributed by atoms with Gasteiger partial charge in [-0.15, -0.1) is 0 Å². The topological polar surface area (TPSA) is 78.9 Å². The lowest BCUT2D eigenvalue weighted by Gasteiger charge is -2.18. The molecule has 6 heteroatoms. The van der Waals surface area contributed by atoms with Gasteiger partial charge < -0.3 is 14.2 Å². The summed E-state index contributed by atoms with van der Waals surface area (Å²) in [5.41, 5.74) is 0. The number of ether oxygens (including phenoxy) is 3. The van der Waals surface area contributed by atoms with Gasteiger partial charge in [-0.25, -0.2) is 0 Å². The Labute approximate surface area is 412 Å². The van der Waals surface area contributed by atoms with E-state index in [0.29, 0.717) is 19.3 Å². The number of unbranched alkanes of at least 4 members (excludes halogenated alkanes) is 17. The molecule has 0 saturated heterocycles. The van der Waals surface area contributed by atoms with Crippen LogP contribution in [0.2, 0.25) is 0 Å². The Morgan fingerprint density at radius 1 is 0.328 bits per heavy atom. The van der Waals surface area contributed by atoms with Crippen molar-refractivity contribution in [3.8, 4) is 0 Å². The van der Waals surface area contributed by atoms with Gasteiger partial charge in [0.15, 0.2) is 6.10 Å². The van der Waals surface area contributed by atoms with Crippen molar-refractivity contribution in [2.75, 3.05) is 13.2 Å². The number of carbonyl (C=O) groups is 3. The Morgan fingerprint density at radius 2 is 0.642 bits per heavy atom. The molecule has 6 nitrogen and oxygen atoms in total. The highest BCUT2D eigenvalue weighted by Gasteiger charge is 2.19. The van der Waals surface area contributed by atoms with Crippen molar-refractivity contribution in [1.82, 2.24) is 0 Å². The molecule has 0 aliphatic heterocycles. The summed E-state index contributed by atoms with van der Waals surface area (Å²) in [6.45, 7) is 6.37. The largest absolute Gasteiger partial charge is 0.462 e. The number of hydrogen-bond acceptors (Lipinski definition) is 6. The second kappa shape index (κ2) is 54.4. The quantitative estimate of drug-likeness (QED) is 0.0199. The summed E-state index contributed by atoms with van der Waals surface area (Å²) in [4.78, 5) is 38.0. The fraction of sp³-hybridized carbons (Fsp3) is 0.623. The van der Waals surface area contributed by atoms with Gasteiger partial charge in [0.05, 0.1) is 0 Å². The second-order valence-electron chi connectivity index (χ2n) is 17.4. The molecule has 1 atom stereocenters. The summed E-state index contributed by atoms with van der Waals surface area (Å²) in [6, 6.07) is 0. The standard InChI is InChI=1S/C61H98O6/c1-4-7-10-13-16-19-22-25-28-30-33-36-39-42-45-48-51-54-60(63)66-57-58(56-65-59(62)53-50-47-44-41-38-35-32-27-24-21-18-15-12-9-6-3)67-61(64)55-52-49-46-43-40-37-34-31-29-26-23-20-17-14-11-8-5-2/h7,10,16,18-19,21,24-29,33-34,36-37,42-43,45-46,58H,4-6,8-9,11-15,17,20,22-23,30-32,35,38-41,44,47-57H2,1-3H3/b10-7-,19-16-,21-18-,27-24-,28-25-,29-26-,36-33-,37-34-,45-42-,46-43-. The summed E-state index contributed by atoms with van der Waals surface area (Å²) in [7, 11) is 0. The number of allylic oxidation sites excluding steroid dienone is 20. The zero-order valence-electron chi connectivity index (χ0n) is 43.1. The Bertz CT molecular complexity index is 1440. The van der Waals surface area contributed by atoms with Crippen LogP contribution < -0.4 is 0 Å². The van der Waals surface area contributed by atoms with Gasteiger partial charge in [-0.2, -0.15) is 0 Å². The van der Waals surface area contributed by atoms with Crippen LogP contribution in [0.5, 0.6) is 0 Å². The van der Waals surface area contributed by atoms with E-state index < -0.39 is 6.10 Å². The van der Waals surface area contributed by atoms with Crippen molar-refractivity contribution in [3.63, 3.8) is 0 Å². The predicted octanol–water partition coefficient (Wildman–Crippen LogP) is 18.1. The van der Waals surface area contributed by atoms with E-state index >= 15 is 0 Å². The summed E-state index contributed by atoms with van der Waals surface area (Å²) in [5.74, 6) is -1.06. The van der Waals surface area contributed by atoms with Gasteiger partial charge >= 0.3 is 17.9 Å². The maximum Gasteiger partial charge on any atom is 0.306 e. The van der Waals surface area contributed by atoms with Crippen molar-refractivity contribution < 1.29 is 28.6 Å². The lowest BCUT2D eigenvalue weighted by atomic mass is 10.1. The van der Waals surface area contributed by atoms with Gasteiger partial charge in [-0.1, -0.05) is 213 Å². The molecule has 67 heavy (non-hydrogen) atoms. The lowest BCUT2D eigenvalue weighted by molar-refractivity contribution is -0.167. The first-order valence-corrected chi connectivity index (χ1v) is 27.1. The minimum Gasteiger partial charge on any atom is -0.462 e. The molecule has 0 fully saturated rings. The van der Waals surface area contributed by atoms with E-state index in [1.54, 1.807) is 0 Å². The normalized spacial score (nSPS) is 13.1. The molecule has 0 saturated carbocycles. The van der Waals surface area contributed by atoms with E-state index in [1.165, 1.54) is 83.5 Å². The molecule has 0 aliphatic carbocycles. The molecule has 0 aliphatic rings. The maximum absolute atomic E-state index is 12.8. The molecular formula is C61H98O6. The average molecular weight is 927 g/mol.